The van der Waals surface area contributed by atoms with Gasteiger partial charge in [0.1, 0.15) is 29.6 Å². The van der Waals surface area contributed by atoms with Crippen molar-refractivity contribution in [2.75, 3.05) is 19.6 Å². The van der Waals surface area contributed by atoms with E-state index in [0.717, 1.165) is 17.7 Å². The van der Waals surface area contributed by atoms with Crippen LogP contribution in [0.15, 0.2) is 72.8 Å². The summed E-state index contributed by atoms with van der Waals surface area (Å²) in [5.74, 6) is 0.117. The highest BCUT2D eigenvalue weighted by Gasteiger charge is 2.51. The largest absolute Gasteiger partial charge is 0.508 e. The Morgan fingerprint density at radius 3 is 2.45 bits per heavy atom. The molecule has 0 bridgehead atoms. The summed E-state index contributed by atoms with van der Waals surface area (Å²) in [5.41, 5.74) is 1.61. The van der Waals surface area contributed by atoms with Crippen LogP contribution in [0.3, 0.4) is 0 Å². The lowest BCUT2D eigenvalue weighted by molar-refractivity contribution is -0.189. The number of fused-ring (bicyclic) bond motifs is 1. The summed E-state index contributed by atoms with van der Waals surface area (Å²) in [6.07, 6.45) is 4.71. The van der Waals surface area contributed by atoms with Gasteiger partial charge in [0.05, 0.1) is 19.6 Å². The Bertz CT molecular complexity index is 1510. The zero-order valence-corrected chi connectivity index (χ0v) is 22.6. The SMILES string of the molecule is C#CCN1CC(=O)N2[C@@H](Cc3ccc(O)cc3)C(=O)N(Cc3ccc(F)cc3F)C[C@@H]2N1C(=O)NCc1ccccc1. The second-order valence-electron chi connectivity index (χ2n) is 10.1. The van der Waals surface area contributed by atoms with Crippen molar-refractivity contribution in [2.45, 2.75) is 31.7 Å². The van der Waals surface area contributed by atoms with E-state index in [0.29, 0.717) is 5.56 Å². The summed E-state index contributed by atoms with van der Waals surface area (Å²) in [4.78, 5) is 43.9. The topological polar surface area (TPSA) is 96.4 Å². The highest BCUT2D eigenvalue weighted by Crippen LogP contribution is 2.30. The Hall–Kier alpha value is -4.95. The van der Waals surface area contributed by atoms with Crippen molar-refractivity contribution >= 4 is 17.8 Å². The molecule has 42 heavy (non-hydrogen) atoms. The van der Waals surface area contributed by atoms with Crippen LogP contribution in [0.1, 0.15) is 16.7 Å². The van der Waals surface area contributed by atoms with E-state index in [9.17, 15) is 28.3 Å². The molecule has 0 aliphatic carbocycles. The van der Waals surface area contributed by atoms with Gasteiger partial charge in [-0.25, -0.2) is 18.6 Å². The molecule has 3 aromatic rings. The first-order valence-electron chi connectivity index (χ1n) is 13.4. The first-order valence-corrected chi connectivity index (χ1v) is 13.4. The third-order valence-corrected chi connectivity index (χ3v) is 7.34. The van der Waals surface area contributed by atoms with Crippen LogP contribution in [-0.4, -0.2) is 74.6 Å². The summed E-state index contributed by atoms with van der Waals surface area (Å²) < 4.78 is 28.3. The number of aromatic hydroxyl groups is 1. The smallest absolute Gasteiger partial charge is 0.334 e. The Balaban J connectivity index is 1.50. The molecule has 0 saturated carbocycles. The van der Waals surface area contributed by atoms with E-state index in [1.165, 1.54) is 38.0 Å². The van der Waals surface area contributed by atoms with Crippen molar-refractivity contribution in [1.29, 1.82) is 0 Å². The molecule has 3 aromatic carbocycles. The number of amides is 4. The number of benzene rings is 3. The Kier molecular flexibility index (Phi) is 8.36. The van der Waals surface area contributed by atoms with Crippen molar-refractivity contribution in [3.05, 3.63) is 101 Å². The van der Waals surface area contributed by atoms with Gasteiger partial charge in [-0.2, -0.15) is 5.01 Å². The molecule has 11 heteroatoms. The average Bonchev–Trinajstić information content (AvgIpc) is 2.97. The van der Waals surface area contributed by atoms with E-state index in [-0.39, 0.29) is 50.5 Å². The zero-order valence-electron chi connectivity index (χ0n) is 22.6. The molecule has 0 spiro atoms. The minimum absolute atomic E-state index is 0.0419. The van der Waals surface area contributed by atoms with Crippen LogP contribution in [0, 0.1) is 24.0 Å². The van der Waals surface area contributed by atoms with Crippen molar-refractivity contribution in [2.24, 2.45) is 0 Å². The number of carbonyl (C=O) groups excluding carboxylic acids is 3. The summed E-state index contributed by atoms with van der Waals surface area (Å²) in [6, 6.07) is 17.0. The summed E-state index contributed by atoms with van der Waals surface area (Å²) in [6.45, 7) is -0.401. The van der Waals surface area contributed by atoms with E-state index >= 15 is 0 Å². The molecule has 2 aliphatic heterocycles. The fourth-order valence-corrected chi connectivity index (χ4v) is 5.34. The zero-order chi connectivity index (χ0) is 29.8. The van der Waals surface area contributed by atoms with Crippen LogP contribution < -0.4 is 5.32 Å². The molecular weight excluding hydrogens is 544 g/mol. The number of phenols is 1. The van der Waals surface area contributed by atoms with Gasteiger partial charge < -0.3 is 20.2 Å². The summed E-state index contributed by atoms with van der Waals surface area (Å²) in [5, 5.41) is 15.4. The number of hydrazine groups is 1. The minimum atomic E-state index is -1.04. The van der Waals surface area contributed by atoms with Gasteiger partial charge >= 0.3 is 6.03 Å². The summed E-state index contributed by atoms with van der Waals surface area (Å²) >= 11 is 0. The van der Waals surface area contributed by atoms with Gasteiger partial charge in [-0.15, -0.1) is 6.42 Å². The maximum Gasteiger partial charge on any atom is 0.334 e. The number of piperazine rings is 1. The fraction of sp³-hybridized carbons (Fsp3) is 0.258. The monoisotopic (exact) mass is 573 g/mol. The van der Waals surface area contributed by atoms with Crippen LogP contribution >= 0.6 is 0 Å². The lowest BCUT2D eigenvalue weighted by Gasteiger charge is -2.55. The second-order valence-corrected chi connectivity index (χ2v) is 10.1. The number of halogens is 2. The van der Waals surface area contributed by atoms with Crippen molar-refractivity contribution in [1.82, 2.24) is 25.1 Å². The van der Waals surface area contributed by atoms with Crippen LogP contribution in [0.25, 0.3) is 0 Å². The molecule has 0 aromatic heterocycles. The van der Waals surface area contributed by atoms with Crippen molar-refractivity contribution in [3.63, 3.8) is 0 Å². The third-order valence-electron chi connectivity index (χ3n) is 7.34. The molecule has 5 rings (SSSR count). The summed E-state index contributed by atoms with van der Waals surface area (Å²) in [7, 11) is 0. The van der Waals surface area contributed by atoms with Crippen LogP contribution in [0.5, 0.6) is 5.75 Å². The van der Waals surface area contributed by atoms with Gasteiger partial charge in [0.2, 0.25) is 11.8 Å². The van der Waals surface area contributed by atoms with Gasteiger partial charge in [0.25, 0.3) is 0 Å². The van der Waals surface area contributed by atoms with E-state index in [4.69, 9.17) is 6.42 Å². The minimum Gasteiger partial charge on any atom is -0.508 e. The average molecular weight is 574 g/mol. The van der Waals surface area contributed by atoms with Crippen molar-refractivity contribution in [3.8, 4) is 18.1 Å². The number of hydrogen-bond acceptors (Lipinski definition) is 5. The maximum absolute atomic E-state index is 14.7. The quantitative estimate of drug-likeness (QED) is 0.424. The fourth-order valence-electron chi connectivity index (χ4n) is 5.34. The second kappa shape index (κ2) is 12.3. The molecule has 2 saturated heterocycles. The number of nitrogens with one attached hydrogen (secondary N) is 1. The van der Waals surface area contributed by atoms with Gasteiger partial charge in [0.15, 0.2) is 0 Å². The van der Waals surface area contributed by atoms with E-state index < -0.39 is 41.7 Å². The molecule has 0 radical (unpaired) electrons. The maximum atomic E-state index is 14.7. The van der Waals surface area contributed by atoms with Crippen LogP contribution in [0.4, 0.5) is 13.6 Å². The molecule has 9 nitrogen and oxygen atoms in total. The number of phenolic OH excluding ortho intramolecular Hbond substituents is 1. The first-order chi connectivity index (χ1) is 20.2. The lowest BCUT2D eigenvalue weighted by Crippen LogP contribution is -2.76. The molecule has 2 heterocycles. The molecule has 0 unspecified atom stereocenters. The first kappa shape index (κ1) is 28.6. The number of hydrogen-bond donors (Lipinski definition) is 2. The lowest BCUT2D eigenvalue weighted by atomic mass is 9.98. The predicted octanol–water partition coefficient (Wildman–Crippen LogP) is 2.85. The Labute approximate surface area is 241 Å². The normalized spacial score (nSPS) is 18.9. The molecule has 4 amide bonds. The van der Waals surface area contributed by atoms with Crippen LogP contribution in [0.2, 0.25) is 0 Å². The third kappa shape index (κ3) is 6.04. The van der Waals surface area contributed by atoms with Gasteiger partial charge in [-0.05, 0) is 29.3 Å². The Morgan fingerprint density at radius 1 is 1.02 bits per heavy atom. The number of urea groups is 1. The van der Waals surface area contributed by atoms with Gasteiger partial charge in [-0.3, -0.25) is 9.59 Å². The highest BCUT2D eigenvalue weighted by molar-refractivity contribution is 5.91. The molecule has 2 N–H and O–H groups in total. The number of carbonyl (C=O) groups is 3. The van der Waals surface area contributed by atoms with Crippen LogP contribution in [-0.2, 0) is 29.1 Å². The molecular formula is C31H29F2N5O4. The highest BCUT2D eigenvalue weighted by atomic mass is 19.1. The predicted molar refractivity (Wildman–Crippen MR) is 149 cm³/mol. The standard InChI is InChI=1S/C31H29F2N5O4/c1-2-14-36-20-29(40)37-27(15-21-8-12-25(39)13-9-21)30(41)35(18-23-10-11-24(32)16-26(23)33)19-28(37)38(36)31(42)34-17-22-6-4-3-5-7-22/h1,3-13,16,27-28,39H,14-15,17-20H2,(H,34,42)/t27-,28-/m0/s1. The number of nitrogens with zero attached hydrogens (tertiary/aromatic N) is 4. The Morgan fingerprint density at radius 2 is 1.76 bits per heavy atom. The van der Waals surface area contributed by atoms with E-state index in [2.05, 4.69) is 11.2 Å². The van der Waals surface area contributed by atoms with Crippen molar-refractivity contribution < 1.29 is 28.3 Å². The molecule has 216 valence electrons. The molecule has 2 atom stereocenters. The molecule has 2 fully saturated rings. The van der Waals surface area contributed by atoms with E-state index in [1.807, 2.05) is 30.3 Å². The van der Waals surface area contributed by atoms with E-state index in [1.54, 1.807) is 12.1 Å². The number of rotatable bonds is 7. The number of terminal acetylenes is 1. The molecule has 2 aliphatic rings. The van der Waals surface area contributed by atoms with Gasteiger partial charge in [0, 0.05) is 31.1 Å². The van der Waals surface area contributed by atoms with Gasteiger partial charge in [-0.1, -0.05) is 54.5 Å².